The second-order valence-electron chi connectivity index (χ2n) is 5.28. The van der Waals surface area contributed by atoms with Gasteiger partial charge in [-0.25, -0.2) is 4.39 Å². The lowest BCUT2D eigenvalue weighted by Gasteiger charge is -2.27. The van der Waals surface area contributed by atoms with Crippen LogP contribution in [0, 0.1) is 12.7 Å². The van der Waals surface area contributed by atoms with E-state index in [-0.39, 0.29) is 11.9 Å². The van der Waals surface area contributed by atoms with Crippen molar-refractivity contribution in [2.75, 3.05) is 11.4 Å². The highest BCUT2D eigenvalue weighted by molar-refractivity contribution is 5.57. The Balaban J connectivity index is 2.39. The van der Waals surface area contributed by atoms with E-state index in [4.69, 9.17) is 5.73 Å². The van der Waals surface area contributed by atoms with Crippen molar-refractivity contribution in [3.8, 4) is 0 Å². The fourth-order valence-corrected chi connectivity index (χ4v) is 2.37. The number of nitrogens with two attached hydrogens (primary N) is 1. The normalized spacial score (nSPS) is 12.2. The van der Waals surface area contributed by atoms with E-state index < -0.39 is 0 Å². The van der Waals surface area contributed by atoms with E-state index >= 15 is 0 Å². The van der Waals surface area contributed by atoms with Gasteiger partial charge in [-0.1, -0.05) is 6.07 Å². The minimum Gasteiger partial charge on any atom is -0.366 e. The molecule has 0 saturated heterocycles. The van der Waals surface area contributed by atoms with Crippen molar-refractivity contribution in [2.45, 2.75) is 33.4 Å². The number of anilines is 1. The monoisotopic (exact) mass is 287 g/mol. The number of benzene rings is 1. The van der Waals surface area contributed by atoms with E-state index in [1.54, 1.807) is 19.2 Å². The first-order valence-corrected chi connectivity index (χ1v) is 7.23. The molecule has 0 amide bonds. The van der Waals surface area contributed by atoms with Gasteiger partial charge in [0.25, 0.3) is 0 Å². The molecule has 0 fully saturated rings. The molecule has 1 atom stereocenters. The van der Waals surface area contributed by atoms with E-state index in [0.29, 0.717) is 12.1 Å². The molecule has 2 N–H and O–H groups in total. The Bertz CT molecular complexity index is 596. The van der Waals surface area contributed by atoms with Crippen LogP contribution in [0.25, 0.3) is 0 Å². The zero-order valence-electron chi connectivity index (χ0n) is 12.8. The van der Waals surface area contributed by atoms with Crippen LogP contribution in [0.1, 0.15) is 36.7 Å². The first-order chi connectivity index (χ1) is 10.0. The van der Waals surface area contributed by atoms with Crippen molar-refractivity contribution in [1.29, 1.82) is 0 Å². The van der Waals surface area contributed by atoms with Crippen LogP contribution in [0.5, 0.6) is 0 Å². The number of hydrogen-bond donors (Lipinski definition) is 1. The third kappa shape index (κ3) is 3.58. The molecular formula is C17H22FN3. The Labute approximate surface area is 125 Å². The van der Waals surface area contributed by atoms with Crippen LogP contribution in [-0.2, 0) is 6.54 Å². The molecule has 1 unspecified atom stereocenters. The number of nitrogens with zero attached hydrogens (tertiary/aromatic N) is 2. The standard InChI is InChI=1S/C17H22FN3/c1-4-21(11-14-7-5-6-8-20-14)17-9-12(2)16(18)10-15(17)13(3)19/h5-10,13H,4,11,19H2,1-3H3. The highest BCUT2D eigenvalue weighted by atomic mass is 19.1. The third-order valence-electron chi connectivity index (χ3n) is 3.60. The molecule has 0 saturated carbocycles. The molecule has 1 aromatic carbocycles. The maximum Gasteiger partial charge on any atom is 0.126 e. The summed E-state index contributed by atoms with van der Waals surface area (Å²) < 4.78 is 13.8. The van der Waals surface area contributed by atoms with Gasteiger partial charge in [0.15, 0.2) is 0 Å². The number of aryl methyl sites for hydroxylation is 1. The summed E-state index contributed by atoms with van der Waals surface area (Å²) >= 11 is 0. The molecule has 0 aliphatic rings. The number of rotatable bonds is 5. The van der Waals surface area contributed by atoms with Gasteiger partial charge in [-0.3, -0.25) is 4.98 Å². The summed E-state index contributed by atoms with van der Waals surface area (Å²) in [5.41, 5.74) is 9.44. The van der Waals surface area contributed by atoms with Gasteiger partial charge in [0.1, 0.15) is 5.82 Å². The lowest BCUT2D eigenvalue weighted by molar-refractivity contribution is 0.612. The molecule has 0 bridgehead atoms. The predicted octanol–water partition coefficient (Wildman–Crippen LogP) is 3.58. The van der Waals surface area contributed by atoms with Crippen molar-refractivity contribution >= 4 is 5.69 Å². The van der Waals surface area contributed by atoms with Crippen LogP contribution in [0.4, 0.5) is 10.1 Å². The molecule has 1 aromatic heterocycles. The molecular weight excluding hydrogens is 265 g/mol. The van der Waals surface area contributed by atoms with E-state index in [0.717, 1.165) is 23.5 Å². The minimum atomic E-state index is -0.215. The molecule has 0 aliphatic heterocycles. The summed E-state index contributed by atoms with van der Waals surface area (Å²) in [5.74, 6) is -0.208. The largest absolute Gasteiger partial charge is 0.366 e. The van der Waals surface area contributed by atoms with Crippen LogP contribution in [0.15, 0.2) is 36.5 Å². The molecule has 2 aromatic rings. The summed E-state index contributed by atoms with van der Waals surface area (Å²) in [5, 5.41) is 0. The summed E-state index contributed by atoms with van der Waals surface area (Å²) in [4.78, 5) is 6.53. The fraction of sp³-hybridized carbons (Fsp3) is 0.353. The zero-order chi connectivity index (χ0) is 15.4. The Morgan fingerprint density at radius 3 is 2.67 bits per heavy atom. The molecule has 3 nitrogen and oxygen atoms in total. The van der Waals surface area contributed by atoms with Crippen LogP contribution in [0.2, 0.25) is 0 Å². The van der Waals surface area contributed by atoms with Crippen molar-refractivity contribution < 1.29 is 4.39 Å². The van der Waals surface area contributed by atoms with Gasteiger partial charge >= 0.3 is 0 Å². The van der Waals surface area contributed by atoms with Crippen molar-refractivity contribution in [2.24, 2.45) is 5.73 Å². The molecule has 1 heterocycles. The minimum absolute atomic E-state index is 0.208. The summed E-state index contributed by atoms with van der Waals surface area (Å²) in [7, 11) is 0. The summed E-state index contributed by atoms with van der Waals surface area (Å²) in [6.45, 7) is 7.22. The Morgan fingerprint density at radius 2 is 2.10 bits per heavy atom. The van der Waals surface area contributed by atoms with Gasteiger partial charge in [0, 0.05) is 24.5 Å². The third-order valence-corrected chi connectivity index (χ3v) is 3.60. The zero-order valence-corrected chi connectivity index (χ0v) is 12.8. The first-order valence-electron chi connectivity index (χ1n) is 7.23. The van der Waals surface area contributed by atoms with Gasteiger partial charge in [-0.2, -0.15) is 0 Å². The topological polar surface area (TPSA) is 42.2 Å². The van der Waals surface area contributed by atoms with Gasteiger partial charge < -0.3 is 10.6 Å². The van der Waals surface area contributed by atoms with E-state index in [1.807, 2.05) is 31.2 Å². The lowest BCUT2D eigenvalue weighted by atomic mass is 10.0. The highest BCUT2D eigenvalue weighted by Crippen LogP contribution is 2.29. The maximum absolute atomic E-state index is 13.8. The Kier molecular flexibility index (Phi) is 4.91. The van der Waals surface area contributed by atoms with Crippen molar-refractivity contribution in [3.05, 3.63) is 59.2 Å². The maximum atomic E-state index is 13.8. The van der Waals surface area contributed by atoms with E-state index in [2.05, 4.69) is 16.8 Å². The molecule has 112 valence electrons. The number of hydrogen-bond acceptors (Lipinski definition) is 3. The van der Waals surface area contributed by atoms with E-state index in [1.165, 1.54) is 0 Å². The van der Waals surface area contributed by atoms with Crippen LogP contribution in [-0.4, -0.2) is 11.5 Å². The first kappa shape index (κ1) is 15.4. The molecule has 21 heavy (non-hydrogen) atoms. The highest BCUT2D eigenvalue weighted by Gasteiger charge is 2.16. The van der Waals surface area contributed by atoms with Gasteiger partial charge in [-0.05, 0) is 56.2 Å². The molecule has 0 aliphatic carbocycles. The second kappa shape index (κ2) is 6.68. The average Bonchev–Trinajstić information content (AvgIpc) is 2.48. The molecule has 0 radical (unpaired) electrons. The Morgan fingerprint density at radius 1 is 1.33 bits per heavy atom. The predicted molar refractivity (Wildman–Crippen MR) is 84.7 cm³/mol. The lowest BCUT2D eigenvalue weighted by Crippen LogP contribution is -2.25. The smallest absolute Gasteiger partial charge is 0.126 e. The second-order valence-corrected chi connectivity index (χ2v) is 5.28. The number of aromatic nitrogens is 1. The molecule has 4 heteroatoms. The van der Waals surface area contributed by atoms with Gasteiger partial charge in [0.2, 0.25) is 0 Å². The van der Waals surface area contributed by atoms with E-state index in [9.17, 15) is 4.39 Å². The van der Waals surface area contributed by atoms with Crippen molar-refractivity contribution in [1.82, 2.24) is 4.98 Å². The summed E-state index contributed by atoms with van der Waals surface area (Å²) in [6, 6.07) is 9.07. The number of pyridine rings is 1. The number of halogens is 1. The Hall–Kier alpha value is -1.94. The quantitative estimate of drug-likeness (QED) is 0.914. The average molecular weight is 287 g/mol. The summed E-state index contributed by atoms with van der Waals surface area (Å²) in [6.07, 6.45) is 1.78. The van der Waals surface area contributed by atoms with Crippen molar-refractivity contribution in [3.63, 3.8) is 0 Å². The van der Waals surface area contributed by atoms with Crippen LogP contribution >= 0.6 is 0 Å². The van der Waals surface area contributed by atoms with Gasteiger partial charge in [-0.15, -0.1) is 0 Å². The van der Waals surface area contributed by atoms with Crippen LogP contribution < -0.4 is 10.6 Å². The molecule has 2 rings (SSSR count). The fourth-order valence-electron chi connectivity index (χ4n) is 2.37. The van der Waals surface area contributed by atoms with Crippen LogP contribution in [0.3, 0.4) is 0 Å². The molecule has 0 spiro atoms. The SMILES string of the molecule is CCN(Cc1ccccn1)c1cc(C)c(F)cc1C(C)N. The van der Waals surface area contributed by atoms with Gasteiger partial charge in [0.05, 0.1) is 12.2 Å².